The molecule has 0 aliphatic heterocycles. The van der Waals surface area contributed by atoms with Crippen molar-refractivity contribution in [3.63, 3.8) is 0 Å². The summed E-state index contributed by atoms with van der Waals surface area (Å²) in [5, 5.41) is 24.5. The van der Waals surface area contributed by atoms with E-state index in [1.807, 2.05) is 41.0 Å². The van der Waals surface area contributed by atoms with Gasteiger partial charge in [0.25, 0.3) is 11.7 Å². The number of nitrogens with zero attached hydrogens (tertiary/aromatic N) is 3. The zero-order valence-corrected chi connectivity index (χ0v) is 21.7. The molecule has 1 aromatic heterocycles. The molecule has 1 amide bonds. The Hall–Kier alpha value is -4.02. The number of rotatable bonds is 10. The third-order valence-corrected chi connectivity index (χ3v) is 6.31. The van der Waals surface area contributed by atoms with E-state index in [1.54, 1.807) is 38.3 Å². The number of H-pyrrole nitrogens is 1. The molecule has 0 unspecified atom stereocenters. The van der Waals surface area contributed by atoms with Crippen molar-refractivity contribution in [1.82, 2.24) is 15.6 Å². The number of carbonyl (C=O) groups is 1. The molecular weight excluding hydrogens is 514 g/mol. The number of hydrogen-bond acceptors (Lipinski definition) is 7. The molecule has 0 fully saturated rings. The highest BCUT2D eigenvalue weighted by atomic mass is 35.5. The number of hydrazone groups is 1. The molecule has 0 saturated heterocycles. The van der Waals surface area contributed by atoms with Crippen LogP contribution in [0, 0.1) is 0 Å². The van der Waals surface area contributed by atoms with Gasteiger partial charge in [-0.1, -0.05) is 29.5 Å². The Balaban J connectivity index is 1.48. The summed E-state index contributed by atoms with van der Waals surface area (Å²) in [5.41, 5.74) is 4.85. The molecule has 0 radical (unpaired) electrons. The van der Waals surface area contributed by atoms with Crippen molar-refractivity contribution in [1.29, 1.82) is 0 Å². The molecule has 4 rings (SSSR count). The van der Waals surface area contributed by atoms with Crippen LogP contribution in [0.2, 0.25) is 5.02 Å². The lowest BCUT2D eigenvalue weighted by molar-refractivity contribution is -0.625. The number of hydrogen-bond donors (Lipinski definition) is 2. The van der Waals surface area contributed by atoms with Gasteiger partial charge in [0.1, 0.15) is 17.2 Å². The average molecular weight is 538 g/mol. The summed E-state index contributed by atoms with van der Waals surface area (Å²) in [5.74, 6) is 1.27. The van der Waals surface area contributed by atoms with Crippen molar-refractivity contribution in [2.45, 2.75) is 12.1 Å². The normalized spacial score (nSPS) is 11.0. The second-order valence-electron chi connectivity index (χ2n) is 7.62. The fourth-order valence-corrected chi connectivity index (χ4v) is 4.27. The number of methoxy groups -OCH3 is 1. The van der Waals surface area contributed by atoms with Gasteiger partial charge in [0, 0.05) is 5.02 Å². The van der Waals surface area contributed by atoms with Gasteiger partial charge in [0.2, 0.25) is 0 Å². The molecule has 0 atom stereocenters. The van der Waals surface area contributed by atoms with Gasteiger partial charge in [0.05, 0.1) is 36.3 Å². The van der Waals surface area contributed by atoms with Gasteiger partial charge in [-0.3, -0.25) is 4.79 Å². The summed E-state index contributed by atoms with van der Waals surface area (Å²) in [7, 11) is 1.61. The Morgan fingerprint density at radius 1 is 1.19 bits per heavy atom. The van der Waals surface area contributed by atoms with Crippen LogP contribution in [-0.2, 0) is 4.79 Å². The van der Waals surface area contributed by atoms with Crippen molar-refractivity contribution in [3.8, 4) is 34.3 Å². The Labute approximate surface area is 223 Å². The molecule has 0 bridgehead atoms. The van der Waals surface area contributed by atoms with Crippen LogP contribution in [0.5, 0.6) is 17.2 Å². The summed E-state index contributed by atoms with van der Waals surface area (Å²) in [4.78, 5) is 12.5. The zero-order chi connectivity index (χ0) is 26.2. The van der Waals surface area contributed by atoms with Crippen LogP contribution in [0.25, 0.3) is 17.1 Å². The average Bonchev–Trinajstić information content (AvgIpc) is 3.34. The smallest absolute Gasteiger partial charge is 0.342 e. The van der Waals surface area contributed by atoms with E-state index < -0.39 is 0 Å². The van der Waals surface area contributed by atoms with Crippen LogP contribution in [0.3, 0.4) is 0 Å². The molecule has 11 heteroatoms. The maximum atomic E-state index is 12.5. The lowest BCUT2D eigenvalue weighted by Gasteiger charge is -2.13. The quantitative estimate of drug-likeness (QED) is 0.138. The Morgan fingerprint density at radius 3 is 2.65 bits per heavy atom. The predicted molar refractivity (Wildman–Crippen MR) is 141 cm³/mol. The fourth-order valence-electron chi connectivity index (χ4n) is 3.38. The van der Waals surface area contributed by atoms with Gasteiger partial charge in [0.15, 0.2) is 0 Å². The summed E-state index contributed by atoms with van der Waals surface area (Å²) in [6.45, 7) is 2.18. The van der Waals surface area contributed by atoms with E-state index in [9.17, 15) is 9.90 Å². The van der Waals surface area contributed by atoms with Crippen LogP contribution < -0.4 is 24.6 Å². The molecule has 1 heterocycles. The van der Waals surface area contributed by atoms with E-state index >= 15 is 0 Å². The van der Waals surface area contributed by atoms with Crippen molar-refractivity contribution in [2.24, 2.45) is 5.10 Å². The second-order valence-corrected chi connectivity index (χ2v) is 9.00. The SMILES string of the molecule is CCOc1cc(C=NNC(=O)CSc2n[nH]c(-c3ccc(OC)cc3)[n+]2-c2ccc(Cl)cc2)ccc1[O-]. The maximum absolute atomic E-state index is 12.5. The van der Waals surface area contributed by atoms with Gasteiger partial charge < -0.3 is 14.6 Å². The van der Waals surface area contributed by atoms with Crippen LogP contribution in [0.15, 0.2) is 77.0 Å². The number of amides is 1. The molecular formula is C26H24ClN5O4S. The number of carbonyl (C=O) groups excluding carboxylic acids is 1. The van der Waals surface area contributed by atoms with Gasteiger partial charge in [-0.15, -0.1) is 5.10 Å². The molecule has 9 nitrogen and oxygen atoms in total. The molecule has 0 spiro atoms. The molecule has 4 aromatic rings. The number of aromatic amines is 1. The lowest BCUT2D eigenvalue weighted by Crippen LogP contribution is -2.34. The molecule has 3 aromatic carbocycles. The van der Waals surface area contributed by atoms with E-state index in [4.69, 9.17) is 21.1 Å². The highest BCUT2D eigenvalue weighted by Gasteiger charge is 2.24. The molecule has 37 heavy (non-hydrogen) atoms. The minimum Gasteiger partial charge on any atom is -0.870 e. The van der Waals surface area contributed by atoms with E-state index in [-0.39, 0.29) is 23.2 Å². The Kier molecular flexibility index (Phi) is 8.65. The van der Waals surface area contributed by atoms with Crippen molar-refractivity contribution < 1.29 is 23.9 Å². The first-order chi connectivity index (χ1) is 18.0. The highest BCUT2D eigenvalue weighted by Crippen LogP contribution is 2.24. The van der Waals surface area contributed by atoms with Crippen molar-refractivity contribution in [2.75, 3.05) is 19.5 Å². The summed E-state index contributed by atoms with van der Waals surface area (Å²) in [6.07, 6.45) is 1.45. The van der Waals surface area contributed by atoms with Gasteiger partial charge >= 0.3 is 5.16 Å². The highest BCUT2D eigenvalue weighted by molar-refractivity contribution is 7.99. The molecule has 2 N–H and O–H groups in total. The number of nitrogens with one attached hydrogen (secondary N) is 2. The summed E-state index contributed by atoms with van der Waals surface area (Å²) in [6, 6.07) is 19.5. The number of thioether (sulfide) groups is 1. The Morgan fingerprint density at radius 2 is 1.95 bits per heavy atom. The first-order valence-corrected chi connectivity index (χ1v) is 12.6. The van der Waals surface area contributed by atoms with Gasteiger partial charge in [-0.2, -0.15) is 9.67 Å². The standard InChI is InChI=1S/C26H24ClN5O4S/c1-3-36-23-14-17(4-13-22(23)33)15-28-29-24(34)16-37-26-31-30-25(18-5-11-21(35-2)12-6-18)32(26)20-9-7-19(27)8-10-20/h4-15H,3,16H2,1-2H3,(H2,28,29,33,34). The first-order valence-electron chi connectivity index (χ1n) is 11.3. The molecule has 0 aliphatic carbocycles. The fraction of sp³-hybridized carbons (Fsp3) is 0.154. The lowest BCUT2D eigenvalue weighted by atomic mass is 10.2. The summed E-state index contributed by atoms with van der Waals surface area (Å²) < 4.78 is 12.5. The van der Waals surface area contributed by atoms with Crippen LogP contribution in [-0.4, -0.2) is 41.8 Å². The number of aromatic nitrogens is 3. The van der Waals surface area contributed by atoms with Crippen LogP contribution >= 0.6 is 23.4 Å². The van der Waals surface area contributed by atoms with E-state index in [1.165, 1.54) is 24.0 Å². The monoisotopic (exact) mass is 537 g/mol. The largest absolute Gasteiger partial charge is 0.870 e. The second kappa shape index (κ2) is 12.3. The number of halogens is 1. The van der Waals surface area contributed by atoms with Gasteiger partial charge in [-0.05, 0) is 78.8 Å². The topological polar surface area (TPSA) is 116 Å². The van der Waals surface area contributed by atoms with E-state index in [0.29, 0.717) is 22.3 Å². The minimum atomic E-state index is -0.316. The third kappa shape index (κ3) is 6.60. The van der Waals surface area contributed by atoms with E-state index in [0.717, 1.165) is 22.8 Å². The Bertz CT molecular complexity index is 1390. The van der Waals surface area contributed by atoms with Crippen molar-refractivity contribution >= 4 is 35.5 Å². The van der Waals surface area contributed by atoms with Crippen LogP contribution in [0.1, 0.15) is 12.5 Å². The minimum absolute atomic E-state index is 0.0710. The predicted octanol–water partition coefficient (Wildman–Crippen LogP) is 3.73. The molecule has 0 aliphatic rings. The van der Waals surface area contributed by atoms with Crippen LogP contribution in [0.4, 0.5) is 0 Å². The van der Waals surface area contributed by atoms with Crippen molar-refractivity contribution in [3.05, 3.63) is 77.3 Å². The number of benzene rings is 3. The maximum Gasteiger partial charge on any atom is 0.342 e. The number of ether oxygens (including phenoxy) is 2. The third-order valence-electron chi connectivity index (χ3n) is 5.12. The first kappa shape index (κ1) is 26.1. The molecule has 0 saturated carbocycles. The van der Waals surface area contributed by atoms with E-state index in [2.05, 4.69) is 20.7 Å². The zero-order valence-electron chi connectivity index (χ0n) is 20.1. The molecule has 190 valence electrons. The summed E-state index contributed by atoms with van der Waals surface area (Å²) >= 11 is 7.34. The van der Waals surface area contributed by atoms with Gasteiger partial charge in [-0.25, -0.2) is 5.43 Å².